The van der Waals surface area contributed by atoms with Crippen LogP contribution in [-0.2, 0) is 4.79 Å². The highest BCUT2D eigenvalue weighted by molar-refractivity contribution is 5.90. The van der Waals surface area contributed by atoms with Gasteiger partial charge in [0.1, 0.15) is 0 Å². The fraction of sp³-hybridized carbons (Fsp3) is 0.625. The van der Waals surface area contributed by atoms with Gasteiger partial charge in [-0.1, -0.05) is 13.5 Å². The normalized spacial score (nSPS) is 9.90. The Morgan fingerprint density at radius 1 is 1.80 bits per heavy atom. The molecule has 0 saturated heterocycles. The SMILES string of the molecule is C=CC(=O)CN(C)CCC.[HH]. The molecular weight excluding hydrogens is 126 g/mol. The molecule has 0 spiro atoms. The number of ketones is 1. The standard InChI is InChI=1S/C8H15NO.H2/c1-4-6-9(3)7-8(10)5-2;/h5H,2,4,6-7H2,1,3H3;1H. The van der Waals surface area contributed by atoms with Crippen LogP contribution in [0.5, 0.6) is 0 Å². The molecule has 0 aromatic rings. The van der Waals surface area contributed by atoms with Crippen LogP contribution in [0.2, 0.25) is 0 Å². The van der Waals surface area contributed by atoms with Gasteiger partial charge in [-0.3, -0.25) is 9.69 Å². The average Bonchev–Trinajstić information content (AvgIpc) is 1.88. The summed E-state index contributed by atoms with van der Waals surface area (Å²) in [4.78, 5) is 12.7. The lowest BCUT2D eigenvalue weighted by Gasteiger charge is -2.12. The number of hydrogen-bond donors (Lipinski definition) is 0. The second-order valence-corrected chi connectivity index (χ2v) is 2.41. The second-order valence-electron chi connectivity index (χ2n) is 2.41. The first-order valence-corrected chi connectivity index (χ1v) is 3.54. The fourth-order valence-electron chi connectivity index (χ4n) is 0.791. The molecule has 0 bridgehead atoms. The molecule has 0 aromatic carbocycles. The van der Waals surface area contributed by atoms with Crippen molar-refractivity contribution in [3.8, 4) is 0 Å². The number of likely N-dealkylation sites (N-methyl/N-ethyl adjacent to an activating group) is 1. The summed E-state index contributed by atoms with van der Waals surface area (Å²) in [5.41, 5.74) is 0. The lowest BCUT2D eigenvalue weighted by atomic mass is 10.3. The number of carbonyl (C=O) groups excluding carboxylic acids is 1. The molecular formula is C8H17NO. The van der Waals surface area contributed by atoms with Crippen LogP contribution in [0.25, 0.3) is 0 Å². The number of nitrogens with zero attached hydrogens (tertiary/aromatic N) is 1. The van der Waals surface area contributed by atoms with Crippen molar-refractivity contribution in [3.63, 3.8) is 0 Å². The molecule has 10 heavy (non-hydrogen) atoms. The fourth-order valence-corrected chi connectivity index (χ4v) is 0.791. The van der Waals surface area contributed by atoms with Crippen molar-refractivity contribution < 1.29 is 6.22 Å². The van der Waals surface area contributed by atoms with Gasteiger partial charge in [-0.15, -0.1) is 0 Å². The van der Waals surface area contributed by atoms with Crippen molar-refractivity contribution in [1.29, 1.82) is 0 Å². The number of rotatable bonds is 5. The van der Waals surface area contributed by atoms with E-state index in [1.807, 2.05) is 11.9 Å². The Balaban J connectivity index is 0. The lowest BCUT2D eigenvalue weighted by Crippen LogP contribution is -2.25. The van der Waals surface area contributed by atoms with Gasteiger partial charge in [0.05, 0.1) is 6.54 Å². The van der Waals surface area contributed by atoms with Crippen LogP contribution in [0.1, 0.15) is 14.8 Å². The van der Waals surface area contributed by atoms with E-state index in [2.05, 4.69) is 13.5 Å². The van der Waals surface area contributed by atoms with Crippen molar-refractivity contribution >= 4 is 5.78 Å². The highest BCUT2D eigenvalue weighted by atomic mass is 16.1. The minimum Gasteiger partial charge on any atom is -0.299 e. The van der Waals surface area contributed by atoms with Crippen molar-refractivity contribution in [3.05, 3.63) is 12.7 Å². The molecule has 0 atom stereocenters. The summed E-state index contributed by atoms with van der Waals surface area (Å²) in [5.74, 6) is 0.0935. The Hall–Kier alpha value is -0.630. The molecule has 0 aliphatic carbocycles. The molecule has 0 saturated carbocycles. The van der Waals surface area contributed by atoms with Crippen LogP contribution in [0, 0.1) is 0 Å². The van der Waals surface area contributed by atoms with Gasteiger partial charge >= 0.3 is 0 Å². The third kappa shape index (κ3) is 4.27. The van der Waals surface area contributed by atoms with Gasteiger partial charge in [0, 0.05) is 1.43 Å². The molecule has 0 radical (unpaired) electrons. The maximum Gasteiger partial charge on any atom is 0.169 e. The highest BCUT2D eigenvalue weighted by Gasteiger charge is 1.99. The minimum atomic E-state index is 0. The van der Waals surface area contributed by atoms with E-state index in [1.165, 1.54) is 6.08 Å². The van der Waals surface area contributed by atoms with Gasteiger partial charge in [-0.2, -0.15) is 0 Å². The first kappa shape index (κ1) is 9.37. The quantitative estimate of drug-likeness (QED) is 0.541. The summed E-state index contributed by atoms with van der Waals surface area (Å²) in [6, 6.07) is 0. The molecule has 60 valence electrons. The van der Waals surface area contributed by atoms with Crippen LogP contribution in [0.15, 0.2) is 12.7 Å². The van der Waals surface area contributed by atoms with Crippen molar-refractivity contribution in [1.82, 2.24) is 4.90 Å². The summed E-state index contributed by atoms with van der Waals surface area (Å²) in [5, 5.41) is 0. The Bertz CT molecular complexity index is 125. The van der Waals surface area contributed by atoms with E-state index in [0.29, 0.717) is 6.54 Å². The molecule has 0 unspecified atom stereocenters. The van der Waals surface area contributed by atoms with E-state index in [-0.39, 0.29) is 7.21 Å². The first-order valence-electron chi connectivity index (χ1n) is 3.54. The zero-order valence-electron chi connectivity index (χ0n) is 6.76. The van der Waals surface area contributed by atoms with E-state index in [4.69, 9.17) is 0 Å². The van der Waals surface area contributed by atoms with Crippen LogP contribution in [-0.4, -0.2) is 30.8 Å². The summed E-state index contributed by atoms with van der Waals surface area (Å²) >= 11 is 0. The third-order valence-corrected chi connectivity index (χ3v) is 1.26. The molecule has 0 fully saturated rings. The van der Waals surface area contributed by atoms with Gasteiger partial charge in [0.25, 0.3) is 0 Å². The van der Waals surface area contributed by atoms with E-state index >= 15 is 0 Å². The second kappa shape index (κ2) is 5.18. The molecule has 0 rings (SSSR count). The maximum atomic E-state index is 10.7. The molecule has 2 nitrogen and oxygen atoms in total. The molecule has 0 heterocycles. The van der Waals surface area contributed by atoms with Crippen LogP contribution < -0.4 is 0 Å². The van der Waals surface area contributed by atoms with Crippen LogP contribution in [0.4, 0.5) is 0 Å². The zero-order valence-corrected chi connectivity index (χ0v) is 6.76. The van der Waals surface area contributed by atoms with Crippen LogP contribution >= 0.6 is 0 Å². The Kier molecular flexibility index (Phi) is 4.85. The monoisotopic (exact) mass is 143 g/mol. The predicted octanol–water partition coefficient (Wildman–Crippen LogP) is 1.33. The van der Waals surface area contributed by atoms with Crippen molar-refractivity contribution in [2.45, 2.75) is 13.3 Å². The number of carbonyl (C=O) groups is 1. The molecule has 0 aliphatic rings. The van der Waals surface area contributed by atoms with Gasteiger partial charge in [0.15, 0.2) is 5.78 Å². The van der Waals surface area contributed by atoms with Crippen LogP contribution in [0.3, 0.4) is 0 Å². The van der Waals surface area contributed by atoms with Gasteiger partial charge in [-0.25, -0.2) is 0 Å². The van der Waals surface area contributed by atoms with E-state index in [9.17, 15) is 4.79 Å². The van der Waals surface area contributed by atoms with E-state index < -0.39 is 0 Å². The Morgan fingerprint density at radius 3 is 2.80 bits per heavy atom. The first-order chi connectivity index (χ1) is 4.70. The summed E-state index contributed by atoms with van der Waals surface area (Å²) in [7, 11) is 1.94. The van der Waals surface area contributed by atoms with Crippen molar-refractivity contribution in [2.24, 2.45) is 0 Å². The summed E-state index contributed by atoms with van der Waals surface area (Å²) in [6.45, 7) is 6.96. The predicted molar refractivity (Wildman–Crippen MR) is 45.1 cm³/mol. The molecule has 0 amide bonds. The third-order valence-electron chi connectivity index (χ3n) is 1.26. The average molecular weight is 143 g/mol. The zero-order chi connectivity index (χ0) is 7.98. The molecule has 0 aromatic heterocycles. The Labute approximate surface area is 64.0 Å². The van der Waals surface area contributed by atoms with Crippen molar-refractivity contribution in [2.75, 3.05) is 20.1 Å². The van der Waals surface area contributed by atoms with Gasteiger partial charge in [-0.05, 0) is 26.1 Å². The molecule has 2 heteroatoms. The molecule has 0 N–H and O–H groups in total. The smallest absolute Gasteiger partial charge is 0.169 e. The molecule has 0 aliphatic heterocycles. The largest absolute Gasteiger partial charge is 0.299 e. The van der Waals surface area contributed by atoms with E-state index in [1.54, 1.807) is 0 Å². The topological polar surface area (TPSA) is 20.3 Å². The van der Waals surface area contributed by atoms with Gasteiger partial charge < -0.3 is 0 Å². The Morgan fingerprint density at radius 2 is 2.40 bits per heavy atom. The minimum absolute atomic E-state index is 0. The summed E-state index contributed by atoms with van der Waals surface area (Å²) < 4.78 is 0. The number of hydrogen-bond acceptors (Lipinski definition) is 2. The highest BCUT2D eigenvalue weighted by Crippen LogP contribution is 1.86. The maximum absolute atomic E-state index is 10.7. The summed E-state index contributed by atoms with van der Waals surface area (Å²) in [6.07, 6.45) is 2.45. The van der Waals surface area contributed by atoms with E-state index in [0.717, 1.165) is 13.0 Å². The lowest BCUT2D eigenvalue weighted by molar-refractivity contribution is -0.115. The van der Waals surface area contributed by atoms with Gasteiger partial charge in [0.2, 0.25) is 0 Å².